The van der Waals surface area contributed by atoms with Gasteiger partial charge in [-0.15, -0.1) is 0 Å². The maximum absolute atomic E-state index is 10.9. The van der Waals surface area contributed by atoms with Crippen molar-refractivity contribution < 1.29 is 29.0 Å². The monoisotopic (exact) mass is 421 g/mol. The number of carbonyl (C=O) groups is 3. The molecule has 7 nitrogen and oxygen atoms in total. The van der Waals surface area contributed by atoms with Crippen molar-refractivity contribution in [1.82, 2.24) is 6.15 Å². The van der Waals surface area contributed by atoms with E-state index in [4.69, 9.17) is 9.84 Å². The van der Waals surface area contributed by atoms with E-state index in [0.717, 1.165) is 24.8 Å². The molecule has 166 valence electrons. The second-order valence-electron chi connectivity index (χ2n) is 5.96. The second kappa shape index (κ2) is 25.2. The highest BCUT2D eigenvalue weighted by molar-refractivity contribution is 7.58. The van der Waals surface area contributed by atoms with Crippen LogP contribution < -0.4 is 6.15 Å². The summed E-state index contributed by atoms with van der Waals surface area (Å²) in [5, 5.41) is 7.89. The minimum atomic E-state index is -0.935. The van der Waals surface area contributed by atoms with Crippen molar-refractivity contribution >= 4 is 30.5 Å². The molecule has 0 aromatic carbocycles. The summed E-state index contributed by atoms with van der Waals surface area (Å²) < 4.78 is 9.42. The fraction of sp³-hybridized carbons (Fsp3) is 0.650. The molecule has 0 rings (SSSR count). The lowest BCUT2D eigenvalue weighted by Gasteiger charge is -2.06. The van der Waals surface area contributed by atoms with Gasteiger partial charge < -0.3 is 33.4 Å². The molecule has 0 aromatic rings. The number of rotatable bonds is 11. The molecule has 0 spiro atoms. The molecule has 0 amide bonds. The van der Waals surface area contributed by atoms with E-state index in [9.17, 15) is 14.4 Å². The van der Waals surface area contributed by atoms with E-state index < -0.39 is 5.97 Å². The summed E-state index contributed by atoms with van der Waals surface area (Å²) in [5.74, 6) is -0.203. The Morgan fingerprint density at radius 3 is 2.00 bits per heavy atom. The Balaban J connectivity index is -0.000000173. The first kappa shape index (κ1) is 33.8. The molecule has 0 unspecified atom stereocenters. The van der Waals surface area contributed by atoms with Gasteiger partial charge in [0.05, 0.1) is 13.2 Å². The van der Waals surface area contributed by atoms with Gasteiger partial charge in [-0.2, -0.15) is 5.75 Å². The Morgan fingerprint density at radius 2 is 1.68 bits per heavy atom. The maximum Gasteiger partial charge on any atom is 0.330 e. The van der Waals surface area contributed by atoms with Crippen molar-refractivity contribution in [2.75, 3.05) is 19.0 Å². The first-order valence-electron chi connectivity index (χ1n) is 9.03. The van der Waals surface area contributed by atoms with E-state index >= 15 is 0 Å². The van der Waals surface area contributed by atoms with Crippen LogP contribution in [-0.4, -0.2) is 42.0 Å². The average Bonchev–Trinajstić information content (AvgIpc) is 2.59. The van der Waals surface area contributed by atoms with Crippen LogP contribution in [0.25, 0.3) is 0 Å². The third-order valence-corrected chi connectivity index (χ3v) is 3.02. The first-order valence-corrected chi connectivity index (χ1v) is 9.61. The number of aliphatic carboxylic acids is 1. The molecule has 28 heavy (non-hydrogen) atoms. The van der Waals surface area contributed by atoms with E-state index in [0.29, 0.717) is 25.4 Å². The van der Waals surface area contributed by atoms with E-state index in [1.54, 1.807) is 6.92 Å². The maximum atomic E-state index is 10.9. The van der Waals surface area contributed by atoms with Crippen molar-refractivity contribution in [2.45, 2.75) is 59.8 Å². The summed E-state index contributed by atoms with van der Waals surface area (Å²) >= 11 is 4.68. The van der Waals surface area contributed by atoms with Crippen LogP contribution in [0.4, 0.5) is 0 Å². The summed E-state index contributed by atoms with van der Waals surface area (Å²) in [4.78, 5) is 30.6. The predicted molar refractivity (Wildman–Crippen MR) is 116 cm³/mol. The number of unbranched alkanes of at least 4 members (excludes halogenated alkanes) is 2. The Labute approximate surface area is 175 Å². The third-order valence-electron chi connectivity index (χ3n) is 2.81. The Morgan fingerprint density at radius 1 is 1.14 bits per heavy atom. The molecule has 0 aliphatic rings. The van der Waals surface area contributed by atoms with Crippen LogP contribution in [0, 0.1) is 5.92 Å². The first-order chi connectivity index (χ1) is 12.6. The number of carboxylic acid groups (broad SMARTS) is 1. The number of esters is 2. The van der Waals surface area contributed by atoms with Gasteiger partial charge in [0.1, 0.15) is 0 Å². The van der Waals surface area contributed by atoms with Crippen molar-refractivity contribution in [1.29, 1.82) is 0 Å². The molecule has 0 saturated heterocycles. The molecule has 8 heteroatoms. The molecule has 0 bridgehead atoms. The molecule has 0 aliphatic carbocycles. The summed E-state index contributed by atoms with van der Waals surface area (Å²) in [6, 6.07) is 0. The Kier molecular flexibility index (Phi) is 30.4. The summed E-state index contributed by atoms with van der Waals surface area (Å²) in [5.41, 5.74) is 0.176. The van der Waals surface area contributed by atoms with Gasteiger partial charge in [0.25, 0.3) is 0 Å². The van der Waals surface area contributed by atoms with Crippen LogP contribution in [0.5, 0.6) is 0 Å². The Bertz CT molecular complexity index is 426. The average molecular weight is 422 g/mol. The quantitative estimate of drug-likeness (QED) is 0.218. The minimum Gasteiger partial charge on any atom is -0.792 e. The van der Waals surface area contributed by atoms with Crippen LogP contribution in [0.2, 0.25) is 0 Å². The van der Waals surface area contributed by atoms with Crippen LogP contribution >= 0.6 is 0 Å². The molecular formula is C20H39NO6S. The minimum absolute atomic E-state index is 0. The molecule has 0 aromatic heterocycles. The fourth-order valence-electron chi connectivity index (χ4n) is 1.37. The lowest BCUT2D eigenvalue weighted by atomic mass is 10.1. The number of hydrogen-bond donors (Lipinski definition) is 2. The van der Waals surface area contributed by atoms with E-state index in [2.05, 4.69) is 44.4 Å². The Hall–Kier alpha value is -1.80. The van der Waals surface area contributed by atoms with Gasteiger partial charge in [-0.1, -0.05) is 46.3 Å². The van der Waals surface area contributed by atoms with Gasteiger partial charge in [0, 0.05) is 18.1 Å². The summed E-state index contributed by atoms with van der Waals surface area (Å²) in [7, 11) is 0. The molecule has 0 fully saturated rings. The molecular weight excluding hydrogens is 382 g/mol. The number of quaternary nitrogens is 1. The smallest absolute Gasteiger partial charge is 0.330 e. The van der Waals surface area contributed by atoms with Gasteiger partial charge >= 0.3 is 17.9 Å². The normalized spacial score (nSPS) is 8.79. The van der Waals surface area contributed by atoms with Gasteiger partial charge in [0.15, 0.2) is 0 Å². The van der Waals surface area contributed by atoms with E-state index in [-0.39, 0.29) is 23.7 Å². The topological polar surface area (TPSA) is 126 Å². The third kappa shape index (κ3) is 35.3. The van der Waals surface area contributed by atoms with E-state index in [1.165, 1.54) is 19.8 Å². The largest absolute Gasteiger partial charge is 0.792 e. The molecule has 0 radical (unpaired) electrons. The number of carbonyl (C=O) groups excluding carboxylic acids is 2. The van der Waals surface area contributed by atoms with Crippen molar-refractivity contribution in [3.63, 3.8) is 0 Å². The fourth-order valence-corrected chi connectivity index (χ4v) is 1.54. The summed E-state index contributed by atoms with van der Waals surface area (Å²) in [6.07, 6.45) is 6.15. The molecule has 0 saturated carbocycles. The zero-order chi connectivity index (χ0) is 21.7. The van der Waals surface area contributed by atoms with Gasteiger partial charge in [-0.25, -0.2) is 9.59 Å². The van der Waals surface area contributed by atoms with Crippen molar-refractivity contribution in [3.05, 3.63) is 24.8 Å². The number of carboxylic acids is 1. The molecule has 0 heterocycles. The standard InChI is InChI=1S/C11H22O2S.C5H8O2.C4H6O2.H3N/c1-10(2)6-4-3-5-8-13-11(12)7-9-14;1-3-5(6)7-4-2;1-3(2)4(5)6;/h10,14H,3-9H2,1-2H3;3H,1,4H2,2H3;1H2,2H3,(H,5,6);1H3. The van der Waals surface area contributed by atoms with E-state index in [1.807, 2.05) is 0 Å². The van der Waals surface area contributed by atoms with Crippen LogP contribution in [0.15, 0.2) is 24.8 Å². The highest BCUT2D eigenvalue weighted by atomic mass is 32.1. The van der Waals surface area contributed by atoms with Gasteiger partial charge in [-0.3, -0.25) is 4.79 Å². The molecule has 5 N–H and O–H groups in total. The van der Waals surface area contributed by atoms with Crippen LogP contribution in [-0.2, 0) is 36.5 Å². The number of hydrogen-bond acceptors (Lipinski definition) is 6. The van der Waals surface area contributed by atoms with Crippen LogP contribution in [0.3, 0.4) is 0 Å². The zero-order valence-electron chi connectivity index (χ0n) is 18.1. The van der Waals surface area contributed by atoms with Crippen LogP contribution in [0.1, 0.15) is 59.8 Å². The summed E-state index contributed by atoms with van der Waals surface area (Å²) in [6.45, 7) is 15.0. The van der Waals surface area contributed by atoms with Gasteiger partial charge in [-0.05, 0) is 26.2 Å². The highest BCUT2D eigenvalue weighted by Gasteiger charge is 1.98. The lowest BCUT2D eigenvalue weighted by molar-refractivity contribution is -0.143. The second-order valence-corrected chi connectivity index (χ2v) is 6.37. The zero-order valence-corrected chi connectivity index (χ0v) is 18.9. The SMILES string of the molecule is C=C(C)C(=O)O.C=CC(=O)OCC.CC(C)CCCCCOC(=O)CC[S-].[NH4+]. The number of ether oxygens (including phenoxy) is 2. The predicted octanol–water partition coefficient (Wildman–Crippen LogP) is 4.44. The highest BCUT2D eigenvalue weighted by Crippen LogP contribution is 2.07. The molecule has 0 atom stereocenters. The molecule has 0 aliphatic heterocycles. The van der Waals surface area contributed by atoms with Crippen molar-refractivity contribution in [3.8, 4) is 0 Å². The van der Waals surface area contributed by atoms with Gasteiger partial charge in [0.2, 0.25) is 0 Å². The van der Waals surface area contributed by atoms with Crippen molar-refractivity contribution in [2.24, 2.45) is 5.92 Å². The lowest BCUT2D eigenvalue weighted by Crippen LogP contribution is -2.06.